The molecule has 0 heterocycles. The Kier molecular flexibility index (Phi) is 5.72. The summed E-state index contributed by atoms with van der Waals surface area (Å²) in [5.41, 5.74) is 1.03. The number of amides is 1. The van der Waals surface area contributed by atoms with Crippen molar-refractivity contribution in [1.29, 1.82) is 0 Å². The maximum absolute atomic E-state index is 13.2. The monoisotopic (exact) mass is 463 g/mol. The number of hydrogen-bond acceptors (Lipinski definition) is 3. The molecule has 0 aliphatic heterocycles. The molecule has 26 heavy (non-hydrogen) atoms. The Morgan fingerprint density at radius 2 is 1.69 bits per heavy atom. The molecule has 0 bridgehead atoms. The highest BCUT2D eigenvalue weighted by Crippen LogP contribution is 2.31. The number of hydrogen-bond donors (Lipinski definition) is 1. The topological polar surface area (TPSA) is 47.6 Å². The van der Waals surface area contributed by atoms with Gasteiger partial charge in [-0.1, -0.05) is 12.1 Å². The van der Waals surface area contributed by atoms with Gasteiger partial charge in [-0.2, -0.15) is 0 Å². The molecule has 0 fully saturated rings. The molecule has 0 saturated carbocycles. The minimum Gasteiger partial charge on any atom is -0.493 e. The molecule has 132 valence electrons. The van der Waals surface area contributed by atoms with Gasteiger partial charge in [0.05, 0.1) is 12.7 Å². The normalized spacial score (nSPS) is 10.3. The molecular weight excluding hydrogens is 448 g/mol. The Labute approximate surface area is 164 Å². The van der Waals surface area contributed by atoms with E-state index in [4.69, 9.17) is 9.47 Å². The molecule has 0 aliphatic carbocycles. The smallest absolute Gasteiger partial charge is 0.256 e. The molecule has 0 atom stereocenters. The highest BCUT2D eigenvalue weighted by atomic mass is 127. The fourth-order valence-corrected chi connectivity index (χ4v) is 3.03. The van der Waals surface area contributed by atoms with Gasteiger partial charge in [0.1, 0.15) is 11.6 Å². The second-order valence-electron chi connectivity index (χ2n) is 5.36. The predicted octanol–water partition coefficient (Wildman–Crippen LogP) is 5.48. The third-order valence-electron chi connectivity index (χ3n) is 3.58. The van der Waals surface area contributed by atoms with Gasteiger partial charge in [-0.3, -0.25) is 4.79 Å². The van der Waals surface area contributed by atoms with Gasteiger partial charge in [-0.05, 0) is 77.2 Å². The fraction of sp³-hybridized carbons (Fsp3) is 0.0500. The summed E-state index contributed by atoms with van der Waals surface area (Å²) in [6.07, 6.45) is 0. The first-order chi connectivity index (χ1) is 12.6. The van der Waals surface area contributed by atoms with Crippen LogP contribution < -0.4 is 14.8 Å². The molecule has 4 nitrogen and oxygen atoms in total. The standard InChI is InChI=1S/C20H15FINO3/c1-25-18-4-2-3-5-19(18)26-15-9-7-14(8-10-15)23-20(24)16-11-6-13(21)12-17(16)22/h2-12H,1H3,(H,23,24). The largest absolute Gasteiger partial charge is 0.493 e. The van der Waals surface area contributed by atoms with Crippen LogP contribution in [-0.2, 0) is 0 Å². The summed E-state index contributed by atoms with van der Waals surface area (Å²) in [4.78, 5) is 12.3. The molecule has 0 aliphatic rings. The van der Waals surface area contributed by atoms with Crippen LogP contribution in [0.2, 0.25) is 0 Å². The van der Waals surface area contributed by atoms with Crippen molar-refractivity contribution < 1.29 is 18.7 Å². The zero-order chi connectivity index (χ0) is 18.5. The van der Waals surface area contributed by atoms with Crippen molar-refractivity contribution in [1.82, 2.24) is 0 Å². The molecule has 0 spiro atoms. The maximum Gasteiger partial charge on any atom is 0.256 e. The van der Waals surface area contributed by atoms with Crippen LogP contribution >= 0.6 is 22.6 Å². The van der Waals surface area contributed by atoms with E-state index in [0.29, 0.717) is 32.1 Å². The van der Waals surface area contributed by atoms with Crippen LogP contribution in [0.1, 0.15) is 10.4 Å². The molecule has 3 aromatic rings. The van der Waals surface area contributed by atoms with Gasteiger partial charge < -0.3 is 14.8 Å². The predicted molar refractivity (Wildman–Crippen MR) is 107 cm³/mol. The zero-order valence-electron chi connectivity index (χ0n) is 13.8. The molecule has 0 aromatic heterocycles. The van der Waals surface area contributed by atoms with E-state index in [1.165, 1.54) is 18.2 Å². The highest BCUT2D eigenvalue weighted by molar-refractivity contribution is 14.1. The molecule has 6 heteroatoms. The fourth-order valence-electron chi connectivity index (χ4n) is 2.31. The molecule has 3 rings (SSSR count). The van der Waals surface area contributed by atoms with Gasteiger partial charge in [0, 0.05) is 9.26 Å². The number of carbonyl (C=O) groups excluding carboxylic acids is 1. The van der Waals surface area contributed by atoms with Crippen molar-refractivity contribution in [3.63, 3.8) is 0 Å². The lowest BCUT2D eigenvalue weighted by atomic mass is 10.2. The average molecular weight is 463 g/mol. The van der Waals surface area contributed by atoms with Crippen LogP contribution in [-0.4, -0.2) is 13.0 Å². The van der Waals surface area contributed by atoms with Gasteiger partial charge in [0.25, 0.3) is 5.91 Å². The van der Waals surface area contributed by atoms with Crippen molar-refractivity contribution in [3.8, 4) is 17.2 Å². The molecular formula is C20H15FINO3. The van der Waals surface area contributed by atoms with Crippen molar-refractivity contribution in [3.05, 3.63) is 81.7 Å². The molecule has 0 unspecified atom stereocenters. The van der Waals surface area contributed by atoms with Gasteiger partial charge in [-0.15, -0.1) is 0 Å². The van der Waals surface area contributed by atoms with E-state index in [9.17, 15) is 9.18 Å². The van der Waals surface area contributed by atoms with Crippen molar-refractivity contribution >= 4 is 34.2 Å². The molecule has 1 amide bonds. The quantitative estimate of drug-likeness (QED) is 0.510. The van der Waals surface area contributed by atoms with E-state index >= 15 is 0 Å². The number of halogens is 2. The Hall–Kier alpha value is -2.61. The first-order valence-electron chi connectivity index (χ1n) is 7.74. The van der Waals surface area contributed by atoms with Crippen LogP contribution in [0.15, 0.2) is 66.7 Å². The van der Waals surface area contributed by atoms with Crippen molar-refractivity contribution in [2.45, 2.75) is 0 Å². The number of benzene rings is 3. The Balaban J connectivity index is 1.70. The summed E-state index contributed by atoms with van der Waals surface area (Å²) in [5.74, 6) is 1.18. The lowest BCUT2D eigenvalue weighted by molar-refractivity contribution is 0.102. The number of anilines is 1. The minimum absolute atomic E-state index is 0.298. The summed E-state index contributed by atoms with van der Waals surface area (Å²) in [6.45, 7) is 0. The zero-order valence-corrected chi connectivity index (χ0v) is 16.0. The summed E-state index contributed by atoms with van der Waals surface area (Å²) >= 11 is 1.94. The van der Waals surface area contributed by atoms with E-state index < -0.39 is 0 Å². The average Bonchev–Trinajstić information content (AvgIpc) is 2.63. The molecule has 1 N–H and O–H groups in total. The molecule has 0 radical (unpaired) electrons. The van der Waals surface area contributed by atoms with Gasteiger partial charge in [0.15, 0.2) is 11.5 Å². The van der Waals surface area contributed by atoms with Crippen LogP contribution in [0.5, 0.6) is 17.2 Å². The third-order valence-corrected chi connectivity index (χ3v) is 4.48. The second-order valence-corrected chi connectivity index (χ2v) is 6.52. The minimum atomic E-state index is -0.371. The Morgan fingerprint density at radius 3 is 2.35 bits per heavy atom. The van der Waals surface area contributed by atoms with E-state index in [2.05, 4.69) is 5.32 Å². The number of para-hydroxylation sites is 2. The van der Waals surface area contributed by atoms with Gasteiger partial charge in [-0.25, -0.2) is 4.39 Å². The molecule has 3 aromatic carbocycles. The second kappa shape index (κ2) is 8.18. The lowest BCUT2D eigenvalue weighted by Crippen LogP contribution is -2.13. The summed E-state index contributed by atoms with van der Waals surface area (Å²) < 4.78 is 24.8. The van der Waals surface area contributed by atoms with Crippen molar-refractivity contribution in [2.75, 3.05) is 12.4 Å². The van der Waals surface area contributed by atoms with E-state index in [-0.39, 0.29) is 11.7 Å². The maximum atomic E-state index is 13.2. The Morgan fingerprint density at radius 1 is 1.00 bits per heavy atom. The number of carbonyl (C=O) groups is 1. The van der Waals surface area contributed by atoms with Crippen molar-refractivity contribution in [2.24, 2.45) is 0 Å². The molecule has 0 saturated heterocycles. The highest BCUT2D eigenvalue weighted by Gasteiger charge is 2.11. The summed E-state index contributed by atoms with van der Waals surface area (Å²) in [7, 11) is 1.58. The first-order valence-corrected chi connectivity index (χ1v) is 8.82. The van der Waals surface area contributed by atoms with Crippen LogP contribution in [0.3, 0.4) is 0 Å². The third kappa shape index (κ3) is 4.32. The summed E-state index contributed by atoms with van der Waals surface area (Å²) in [6, 6.07) is 18.4. The van der Waals surface area contributed by atoms with Gasteiger partial charge >= 0.3 is 0 Å². The van der Waals surface area contributed by atoms with E-state index in [1.54, 1.807) is 31.4 Å². The van der Waals surface area contributed by atoms with Crippen LogP contribution in [0.25, 0.3) is 0 Å². The first kappa shape index (κ1) is 18.2. The SMILES string of the molecule is COc1ccccc1Oc1ccc(NC(=O)c2ccc(F)cc2I)cc1. The van der Waals surface area contributed by atoms with E-state index in [0.717, 1.165) is 0 Å². The Bertz CT molecular complexity index is 929. The summed E-state index contributed by atoms with van der Waals surface area (Å²) in [5, 5.41) is 2.79. The van der Waals surface area contributed by atoms with Crippen LogP contribution in [0.4, 0.5) is 10.1 Å². The van der Waals surface area contributed by atoms with Crippen LogP contribution in [0, 0.1) is 9.39 Å². The number of nitrogens with one attached hydrogen (secondary N) is 1. The number of ether oxygens (including phenoxy) is 2. The number of rotatable bonds is 5. The van der Waals surface area contributed by atoms with Gasteiger partial charge in [0.2, 0.25) is 0 Å². The number of methoxy groups -OCH3 is 1. The van der Waals surface area contributed by atoms with E-state index in [1.807, 2.05) is 46.9 Å². The lowest BCUT2D eigenvalue weighted by Gasteiger charge is -2.11.